The second kappa shape index (κ2) is 8.55. The van der Waals surface area contributed by atoms with Crippen LogP contribution in [0.25, 0.3) is 5.57 Å². The Kier molecular flexibility index (Phi) is 5.45. The van der Waals surface area contributed by atoms with Gasteiger partial charge in [0.25, 0.3) is 11.8 Å². The number of rotatable bonds is 6. The van der Waals surface area contributed by atoms with Gasteiger partial charge < -0.3 is 9.47 Å². The van der Waals surface area contributed by atoms with Gasteiger partial charge in [-0.1, -0.05) is 66.2 Å². The summed E-state index contributed by atoms with van der Waals surface area (Å²) in [6, 6.07) is 23.2. The highest BCUT2D eigenvalue weighted by Gasteiger charge is 2.39. The number of thioether (sulfide) groups is 1. The van der Waals surface area contributed by atoms with Crippen LogP contribution in [-0.2, 0) is 21.9 Å². The highest BCUT2D eigenvalue weighted by Crippen LogP contribution is 2.39. The van der Waals surface area contributed by atoms with Gasteiger partial charge in [0.1, 0.15) is 0 Å². The first-order chi connectivity index (χ1) is 15.6. The van der Waals surface area contributed by atoms with E-state index < -0.39 is 0 Å². The molecule has 0 N–H and O–H groups in total. The largest absolute Gasteiger partial charge is 0.454 e. The summed E-state index contributed by atoms with van der Waals surface area (Å²) >= 11 is 1.41. The van der Waals surface area contributed by atoms with Crippen molar-refractivity contribution < 1.29 is 19.1 Å². The average molecular weight is 444 g/mol. The zero-order chi connectivity index (χ0) is 22.1. The molecule has 0 aromatic heterocycles. The number of ether oxygens (including phenoxy) is 2. The van der Waals surface area contributed by atoms with E-state index in [0.29, 0.717) is 27.7 Å². The summed E-state index contributed by atoms with van der Waals surface area (Å²) in [7, 11) is 0. The number of benzene rings is 3. The van der Waals surface area contributed by atoms with Gasteiger partial charge in [0.15, 0.2) is 11.5 Å². The van der Waals surface area contributed by atoms with Gasteiger partial charge in [0.2, 0.25) is 6.79 Å². The molecule has 2 amide bonds. The molecule has 0 bridgehead atoms. The van der Waals surface area contributed by atoms with Crippen LogP contribution in [0, 0.1) is 6.92 Å². The molecule has 32 heavy (non-hydrogen) atoms. The van der Waals surface area contributed by atoms with Gasteiger partial charge in [-0.05, 0) is 35.7 Å². The molecule has 3 aromatic rings. The van der Waals surface area contributed by atoms with E-state index in [4.69, 9.17) is 9.47 Å². The quantitative estimate of drug-likeness (QED) is 0.505. The van der Waals surface area contributed by atoms with Gasteiger partial charge in [0.05, 0.1) is 17.0 Å². The lowest BCUT2D eigenvalue weighted by Crippen LogP contribution is -2.30. The first kappa shape index (κ1) is 20.4. The number of imide groups is 1. The van der Waals surface area contributed by atoms with Crippen molar-refractivity contribution in [2.24, 2.45) is 0 Å². The van der Waals surface area contributed by atoms with E-state index in [2.05, 4.69) is 0 Å². The number of fused-ring (bicyclic) bond motifs is 1. The van der Waals surface area contributed by atoms with E-state index in [-0.39, 0.29) is 25.2 Å². The van der Waals surface area contributed by atoms with Crippen LogP contribution in [0.1, 0.15) is 22.3 Å². The SMILES string of the molecule is Cc1ccc(C2=C(SCc3ccccc3)C(=O)N(Cc3ccc4c(c3)OCO4)C2=O)cc1. The Bertz CT molecular complexity index is 1220. The molecular weight excluding hydrogens is 422 g/mol. The lowest BCUT2D eigenvalue weighted by molar-refractivity contribution is -0.137. The predicted octanol–water partition coefficient (Wildman–Crippen LogP) is 4.94. The summed E-state index contributed by atoms with van der Waals surface area (Å²) in [4.78, 5) is 28.6. The van der Waals surface area contributed by atoms with E-state index in [1.807, 2.05) is 79.7 Å². The minimum absolute atomic E-state index is 0.180. The molecule has 5 nitrogen and oxygen atoms in total. The van der Waals surface area contributed by atoms with E-state index in [9.17, 15) is 9.59 Å². The maximum atomic E-state index is 13.4. The fourth-order valence-electron chi connectivity index (χ4n) is 3.76. The van der Waals surface area contributed by atoms with Crippen molar-refractivity contribution in [1.82, 2.24) is 4.90 Å². The Morgan fingerprint density at radius 2 is 1.59 bits per heavy atom. The molecule has 0 saturated carbocycles. The smallest absolute Gasteiger partial charge is 0.268 e. The maximum Gasteiger partial charge on any atom is 0.268 e. The Balaban J connectivity index is 1.45. The number of nitrogens with zero attached hydrogens (tertiary/aromatic N) is 1. The number of hydrogen-bond donors (Lipinski definition) is 0. The third kappa shape index (κ3) is 3.89. The van der Waals surface area contributed by atoms with Crippen molar-refractivity contribution in [2.75, 3.05) is 6.79 Å². The normalized spacial score (nSPS) is 15.1. The molecule has 2 aliphatic heterocycles. The Morgan fingerprint density at radius 1 is 0.844 bits per heavy atom. The molecule has 0 fully saturated rings. The third-order valence-electron chi connectivity index (χ3n) is 5.47. The summed E-state index contributed by atoms with van der Waals surface area (Å²) in [6.07, 6.45) is 0. The van der Waals surface area contributed by atoms with Crippen LogP contribution in [0.5, 0.6) is 11.5 Å². The summed E-state index contributed by atoms with van der Waals surface area (Å²) < 4.78 is 10.8. The van der Waals surface area contributed by atoms with Crippen LogP contribution in [-0.4, -0.2) is 23.5 Å². The molecule has 0 aliphatic carbocycles. The highest BCUT2D eigenvalue weighted by atomic mass is 32.2. The zero-order valence-corrected chi connectivity index (χ0v) is 18.4. The van der Waals surface area contributed by atoms with Crippen LogP contribution in [0.15, 0.2) is 77.7 Å². The predicted molar refractivity (Wildman–Crippen MR) is 124 cm³/mol. The molecule has 2 aliphatic rings. The van der Waals surface area contributed by atoms with Crippen LogP contribution in [0.4, 0.5) is 0 Å². The number of amides is 2. The van der Waals surface area contributed by atoms with Gasteiger partial charge in [-0.15, -0.1) is 11.8 Å². The zero-order valence-electron chi connectivity index (χ0n) is 17.5. The highest BCUT2D eigenvalue weighted by molar-refractivity contribution is 8.03. The third-order valence-corrected chi connectivity index (χ3v) is 6.61. The van der Waals surface area contributed by atoms with E-state index in [0.717, 1.165) is 22.3 Å². The topological polar surface area (TPSA) is 55.8 Å². The van der Waals surface area contributed by atoms with Gasteiger partial charge in [-0.2, -0.15) is 0 Å². The number of aryl methyl sites for hydroxylation is 1. The standard InChI is InChI=1S/C26H21NO4S/c1-17-7-10-20(11-8-17)23-24(32-15-18-5-3-2-4-6-18)26(29)27(25(23)28)14-19-9-12-21-22(13-19)31-16-30-21/h2-13H,14-16H2,1H3. The minimum atomic E-state index is -0.271. The molecule has 0 radical (unpaired) electrons. The van der Waals surface area contributed by atoms with Crippen molar-refractivity contribution in [2.45, 2.75) is 19.2 Å². The number of hydrogen-bond acceptors (Lipinski definition) is 5. The number of carbonyl (C=O) groups is 2. The number of carbonyl (C=O) groups excluding carboxylic acids is 2. The van der Waals surface area contributed by atoms with Crippen molar-refractivity contribution in [1.29, 1.82) is 0 Å². The first-order valence-electron chi connectivity index (χ1n) is 10.3. The summed E-state index contributed by atoms with van der Waals surface area (Å²) in [5.41, 5.74) is 4.24. The molecule has 0 atom stereocenters. The summed E-state index contributed by atoms with van der Waals surface area (Å²) in [6.45, 7) is 2.36. The van der Waals surface area contributed by atoms with E-state index in [1.54, 1.807) is 0 Å². The van der Waals surface area contributed by atoms with Crippen molar-refractivity contribution in [3.8, 4) is 11.5 Å². The molecule has 3 aromatic carbocycles. The molecule has 5 rings (SSSR count). The molecule has 0 spiro atoms. The molecule has 0 unspecified atom stereocenters. The minimum Gasteiger partial charge on any atom is -0.454 e. The molecule has 6 heteroatoms. The Labute approximate surface area is 190 Å². The van der Waals surface area contributed by atoms with Crippen LogP contribution in [0.3, 0.4) is 0 Å². The first-order valence-corrected chi connectivity index (χ1v) is 11.3. The van der Waals surface area contributed by atoms with Crippen LogP contribution in [0.2, 0.25) is 0 Å². The van der Waals surface area contributed by atoms with E-state index in [1.165, 1.54) is 16.7 Å². The Hall–Kier alpha value is -3.51. The Morgan fingerprint density at radius 3 is 2.38 bits per heavy atom. The molecule has 2 heterocycles. The fourth-order valence-corrected chi connectivity index (χ4v) is 4.84. The van der Waals surface area contributed by atoms with E-state index >= 15 is 0 Å². The fraction of sp³-hybridized carbons (Fsp3) is 0.154. The van der Waals surface area contributed by atoms with Gasteiger partial charge >= 0.3 is 0 Å². The summed E-state index contributed by atoms with van der Waals surface area (Å²) in [5, 5.41) is 0. The van der Waals surface area contributed by atoms with Crippen molar-refractivity contribution >= 4 is 29.1 Å². The molecule has 160 valence electrons. The molecule has 0 saturated heterocycles. The maximum absolute atomic E-state index is 13.4. The monoisotopic (exact) mass is 443 g/mol. The second-order valence-corrected chi connectivity index (χ2v) is 8.71. The second-order valence-electron chi connectivity index (χ2n) is 7.73. The van der Waals surface area contributed by atoms with Gasteiger partial charge in [0, 0.05) is 5.75 Å². The van der Waals surface area contributed by atoms with Crippen LogP contribution < -0.4 is 9.47 Å². The average Bonchev–Trinajstić information content (AvgIpc) is 3.37. The van der Waals surface area contributed by atoms with Crippen molar-refractivity contribution in [3.63, 3.8) is 0 Å². The van der Waals surface area contributed by atoms with Gasteiger partial charge in [-0.25, -0.2) is 0 Å². The lowest BCUT2D eigenvalue weighted by Gasteiger charge is -2.15. The molecular formula is C26H21NO4S. The van der Waals surface area contributed by atoms with Crippen molar-refractivity contribution in [3.05, 3.63) is 100.0 Å². The lowest BCUT2D eigenvalue weighted by atomic mass is 10.0. The summed E-state index contributed by atoms with van der Waals surface area (Å²) in [5.74, 6) is 1.39. The van der Waals surface area contributed by atoms with Gasteiger partial charge in [-0.3, -0.25) is 14.5 Å². The van der Waals surface area contributed by atoms with Crippen LogP contribution >= 0.6 is 11.8 Å².